The van der Waals surface area contributed by atoms with Crippen LogP contribution in [0.4, 0.5) is 11.4 Å². The highest BCUT2D eigenvalue weighted by molar-refractivity contribution is 6.12. The van der Waals surface area contributed by atoms with Crippen LogP contribution in [0.2, 0.25) is 0 Å². The Morgan fingerprint density at radius 3 is 2.75 bits per heavy atom. The van der Waals surface area contributed by atoms with Gasteiger partial charge in [0.25, 0.3) is 11.6 Å². The fourth-order valence-corrected chi connectivity index (χ4v) is 3.59. The molecular weight excluding hydrogens is 356 g/mol. The average Bonchev–Trinajstić information content (AvgIpc) is 3.24. The Hall–Kier alpha value is -3.22. The van der Waals surface area contributed by atoms with Gasteiger partial charge in [0.1, 0.15) is 0 Å². The minimum absolute atomic E-state index is 0.0267. The van der Waals surface area contributed by atoms with Crippen molar-refractivity contribution >= 4 is 34.3 Å². The normalized spacial score (nSPS) is 13.2. The Balaban J connectivity index is 1.68. The second kappa shape index (κ2) is 6.74. The van der Waals surface area contributed by atoms with Gasteiger partial charge < -0.3 is 14.7 Å². The van der Waals surface area contributed by atoms with Gasteiger partial charge in [-0.15, -0.1) is 0 Å². The Labute approximate surface area is 162 Å². The molecule has 0 unspecified atom stereocenters. The van der Waals surface area contributed by atoms with Gasteiger partial charge in [0.15, 0.2) is 0 Å². The molecule has 2 aromatic heterocycles. The molecule has 0 fully saturated rings. The van der Waals surface area contributed by atoms with Crippen molar-refractivity contribution in [3.05, 3.63) is 46.8 Å². The lowest BCUT2D eigenvalue weighted by atomic mass is 10.0. The van der Waals surface area contributed by atoms with E-state index in [1.807, 2.05) is 32.0 Å². The van der Waals surface area contributed by atoms with Crippen LogP contribution in [-0.4, -0.2) is 28.5 Å². The number of amides is 2. The number of nitrogens with one attached hydrogen (secondary N) is 1. The molecule has 1 aliphatic rings. The molecule has 1 N–H and O–H groups in total. The van der Waals surface area contributed by atoms with E-state index in [4.69, 9.17) is 4.52 Å². The number of carbonyl (C=O) groups excluding carboxylic acids is 2. The molecule has 4 rings (SSSR count). The maximum Gasteiger partial charge on any atom is 0.259 e. The van der Waals surface area contributed by atoms with Gasteiger partial charge in [-0.05, 0) is 49.1 Å². The molecule has 0 spiro atoms. The number of benzene rings is 1. The summed E-state index contributed by atoms with van der Waals surface area (Å²) in [6.45, 7) is 8.06. The summed E-state index contributed by atoms with van der Waals surface area (Å²) in [6.07, 6.45) is 0.778. The van der Waals surface area contributed by atoms with Crippen molar-refractivity contribution in [1.82, 2.24) is 10.1 Å². The van der Waals surface area contributed by atoms with Gasteiger partial charge in [-0.1, -0.05) is 19.0 Å². The van der Waals surface area contributed by atoms with Crippen LogP contribution in [0.25, 0.3) is 11.1 Å². The van der Waals surface area contributed by atoms with Gasteiger partial charge in [0.2, 0.25) is 5.91 Å². The summed E-state index contributed by atoms with van der Waals surface area (Å²) in [5.41, 5.74) is 4.94. The lowest BCUT2D eigenvalue weighted by Gasteiger charge is -2.15. The zero-order valence-electron chi connectivity index (χ0n) is 16.4. The van der Waals surface area contributed by atoms with Crippen molar-refractivity contribution in [1.29, 1.82) is 0 Å². The van der Waals surface area contributed by atoms with Crippen LogP contribution in [0.15, 0.2) is 28.8 Å². The predicted octanol–water partition coefficient (Wildman–Crippen LogP) is 3.82. The molecule has 0 radical (unpaired) electrons. The molecule has 7 nitrogen and oxygen atoms in total. The Bertz CT molecular complexity index is 1100. The van der Waals surface area contributed by atoms with Crippen LogP contribution >= 0.6 is 0 Å². The van der Waals surface area contributed by atoms with E-state index in [9.17, 15) is 9.59 Å². The quantitative estimate of drug-likeness (QED) is 0.748. The number of pyridine rings is 1. The molecule has 0 bridgehead atoms. The third kappa shape index (κ3) is 3.02. The Kier molecular flexibility index (Phi) is 4.37. The zero-order valence-corrected chi connectivity index (χ0v) is 16.4. The van der Waals surface area contributed by atoms with Crippen molar-refractivity contribution in [2.24, 2.45) is 0 Å². The number of fused-ring (bicyclic) bond motifs is 2. The van der Waals surface area contributed by atoms with Crippen LogP contribution in [0.1, 0.15) is 54.0 Å². The summed E-state index contributed by atoms with van der Waals surface area (Å²) in [7, 11) is 0. The summed E-state index contributed by atoms with van der Waals surface area (Å²) in [5, 5.41) is 7.56. The number of nitrogens with zero attached hydrogens (tertiary/aromatic N) is 3. The van der Waals surface area contributed by atoms with Crippen LogP contribution < -0.4 is 10.2 Å². The molecule has 0 saturated heterocycles. The van der Waals surface area contributed by atoms with Crippen molar-refractivity contribution in [3.63, 3.8) is 0 Å². The molecule has 1 aliphatic heterocycles. The average molecular weight is 378 g/mol. The second-order valence-corrected chi connectivity index (χ2v) is 7.42. The molecule has 7 heteroatoms. The molecule has 2 amide bonds. The maximum atomic E-state index is 13.1. The number of aryl methyl sites for hydroxylation is 1. The first-order valence-corrected chi connectivity index (χ1v) is 9.34. The predicted molar refractivity (Wildman–Crippen MR) is 107 cm³/mol. The highest BCUT2D eigenvalue weighted by Crippen LogP contribution is 2.31. The number of carbonyl (C=O) groups is 2. The van der Waals surface area contributed by atoms with E-state index < -0.39 is 0 Å². The molecular formula is C21H22N4O3. The molecule has 0 saturated carbocycles. The summed E-state index contributed by atoms with van der Waals surface area (Å²) >= 11 is 0. The lowest BCUT2D eigenvalue weighted by Crippen LogP contribution is -2.25. The van der Waals surface area contributed by atoms with E-state index in [0.717, 1.165) is 23.4 Å². The highest BCUT2D eigenvalue weighted by atomic mass is 16.5. The van der Waals surface area contributed by atoms with E-state index >= 15 is 0 Å². The molecule has 1 aromatic carbocycles. The van der Waals surface area contributed by atoms with Gasteiger partial charge in [-0.3, -0.25) is 9.59 Å². The minimum atomic E-state index is -0.234. The highest BCUT2D eigenvalue weighted by Gasteiger charge is 2.23. The van der Waals surface area contributed by atoms with E-state index in [-0.39, 0.29) is 17.7 Å². The number of hydrogen-bond donors (Lipinski definition) is 1. The first kappa shape index (κ1) is 18.2. The summed E-state index contributed by atoms with van der Waals surface area (Å²) in [6, 6.07) is 7.43. The van der Waals surface area contributed by atoms with Gasteiger partial charge in [0, 0.05) is 30.5 Å². The standard InChI is InChI=1S/C21H22N4O3/c1-11(2)17-10-16(19-12(3)24-28-21(19)23-17)20(27)22-15-5-6-18-14(9-15)7-8-25(18)13(4)26/h5-6,9-11H,7-8H2,1-4H3,(H,22,27). The number of hydrogen-bond acceptors (Lipinski definition) is 5. The van der Waals surface area contributed by atoms with Gasteiger partial charge in [-0.2, -0.15) is 0 Å². The van der Waals surface area contributed by atoms with Gasteiger partial charge >= 0.3 is 0 Å². The lowest BCUT2D eigenvalue weighted by molar-refractivity contribution is -0.116. The smallest absolute Gasteiger partial charge is 0.259 e. The van der Waals surface area contributed by atoms with Crippen LogP contribution in [0.3, 0.4) is 0 Å². The second-order valence-electron chi connectivity index (χ2n) is 7.42. The topological polar surface area (TPSA) is 88.3 Å². The fraction of sp³-hybridized carbons (Fsp3) is 0.333. The monoisotopic (exact) mass is 378 g/mol. The van der Waals surface area contributed by atoms with Crippen molar-refractivity contribution < 1.29 is 14.1 Å². The van der Waals surface area contributed by atoms with E-state index in [1.54, 1.807) is 24.8 Å². The molecule has 3 aromatic rings. The third-order valence-electron chi connectivity index (χ3n) is 5.09. The Morgan fingerprint density at radius 1 is 1.25 bits per heavy atom. The maximum absolute atomic E-state index is 13.1. The first-order valence-electron chi connectivity index (χ1n) is 9.34. The van der Waals surface area contributed by atoms with Gasteiger partial charge in [0.05, 0.1) is 16.6 Å². The van der Waals surface area contributed by atoms with E-state index in [0.29, 0.717) is 34.6 Å². The third-order valence-corrected chi connectivity index (χ3v) is 5.09. The molecule has 0 aliphatic carbocycles. The van der Waals surface area contributed by atoms with E-state index in [1.165, 1.54) is 0 Å². The molecule has 28 heavy (non-hydrogen) atoms. The van der Waals surface area contributed by atoms with Crippen molar-refractivity contribution in [2.75, 3.05) is 16.8 Å². The zero-order chi connectivity index (χ0) is 20.0. The van der Waals surface area contributed by atoms with Crippen molar-refractivity contribution in [2.45, 2.75) is 40.0 Å². The largest absolute Gasteiger partial charge is 0.336 e. The first-order chi connectivity index (χ1) is 13.3. The molecule has 3 heterocycles. The molecule has 0 atom stereocenters. The summed E-state index contributed by atoms with van der Waals surface area (Å²) < 4.78 is 5.30. The summed E-state index contributed by atoms with van der Waals surface area (Å²) in [4.78, 5) is 31.0. The molecule has 144 valence electrons. The van der Waals surface area contributed by atoms with E-state index in [2.05, 4.69) is 15.5 Å². The van der Waals surface area contributed by atoms with Gasteiger partial charge in [-0.25, -0.2) is 4.98 Å². The van der Waals surface area contributed by atoms with Crippen molar-refractivity contribution in [3.8, 4) is 0 Å². The van der Waals surface area contributed by atoms with Crippen LogP contribution in [0.5, 0.6) is 0 Å². The SMILES string of the molecule is CC(=O)N1CCc2cc(NC(=O)c3cc(C(C)C)nc4onc(C)c34)ccc21. The number of aromatic nitrogens is 2. The number of anilines is 2. The van der Waals surface area contributed by atoms with Crippen LogP contribution in [0, 0.1) is 6.92 Å². The fourth-order valence-electron chi connectivity index (χ4n) is 3.59. The summed E-state index contributed by atoms with van der Waals surface area (Å²) in [5.74, 6) is -0.0558. The minimum Gasteiger partial charge on any atom is -0.336 e. The number of rotatable bonds is 3. The Morgan fingerprint density at radius 2 is 2.04 bits per heavy atom. The van der Waals surface area contributed by atoms with Crippen LogP contribution in [-0.2, 0) is 11.2 Å².